The molecular weight excluding hydrogens is 210 g/mol. The Hall–Kier alpha value is -2.68. The fraction of sp³-hybridized carbons (Fsp3) is 0. The minimum atomic E-state index is -1.23. The summed E-state index contributed by atoms with van der Waals surface area (Å²) in [7, 11) is 0. The van der Waals surface area contributed by atoms with E-state index in [0.29, 0.717) is 17.6 Å². The van der Waals surface area contributed by atoms with Crippen molar-refractivity contribution in [3.8, 4) is 11.8 Å². The molecule has 0 amide bonds. The summed E-state index contributed by atoms with van der Waals surface area (Å²) < 4.78 is 1.49. The van der Waals surface area contributed by atoms with E-state index in [1.54, 1.807) is 0 Å². The van der Waals surface area contributed by atoms with Crippen molar-refractivity contribution in [1.82, 2.24) is 14.4 Å². The monoisotopic (exact) mass is 215 g/mol. The van der Waals surface area contributed by atoms with E-state index in [-0.39, 0.29) is 5.69 Å². The van der Waals surface area contributed by atoms with E-state index in [1.807, 2.05) is 5.92 Å². The zero-order valence-corrected chi connectivity index (χ0v) is 7.91. The molecule has 2 aromatic rings. The highest BCUT2D eigenvalue weighted by molar-refractivity contribution is 5.87. The van der Waals surface area contributed by atoms with E-state index in [1.165, 1.54) is 23.0 Å². The van der Waals surface area contributed by atoms with E-state index in [4.69, 9.17) is 5.11 Å². The third kappa shape index (κ3) is 1.74. The predicted octanol–water partition coefficient (Wildman–Crippen LogP) is -0.0221. The van der Waals surface area contributed by atoms with Crippen LogP contribution in [0.2, 0.25) is 0 Å². The Balaban J connectivity index is 2.55. The maximum Gasteiger partial charge on any atom is 0.382 e. The minimum Gasteiger partial charge on any atom is -0.472 e. The molecule has 2 aromatic heterocycles. The van der Waals surface area contributed by atoms with Gasteiger partial charge in [-0.3, -0.25) is 9.20 Å². The number of carbonyl (C=O) groups is 2. The smallest absolute Gasteiger partial charge is 0.382 e. The molecule has 0 saturated carbocycles. The molecule has 2 heterocycles. The third-order valence-electron chi connectivity index (χ3n) is 1.84. The molecule has 16 heavy (non-hydrogen) atoms. The lowest BCUT2D eigenvalue weighted by atomic mass is 10.4. The highest BCUT2D eigenvalue weighted by atomic mass is 16.4. The van der Waals surface area contributed by atoms with Gasteiger partial charge >= 0.3 is 5.97 Å². The van der Waals surface area contributed by atoms with Crippen LogP contribution in [0.25, 0.3) is 5.65 Å². The third-order valence-corrected chi connectivity index (χ3v) is 1.84. The van der Waals surface area contributed by atoms with Gasteiger partial charge in [0.1, 0.15) is 11.4 Å². The molecular formula is C10H5N3O3. The number of carboxylic acids is 1. The Kier molecular flexibility index (Phi) is 2.36. The SMILES string of the molecule is O=Cc1cnc2cnc(C#CC(=O)O)cn12. The number of hydrogen-bond donors (Lipinski definition) is 1. The van der Waals surface area contributed by atoms with Crippen LogP contribution < -0.4 is 0 Å². The Bertz CT molecular complexity index is 634. The Labute approximate surface area is 89.6 Å². The molecule has 6 heteroatoms. The number of rotatable bonds is 1. The summed E-state index contributed by atoms with van der Waals surface area (Å²) >= 11 is 0. The highest BCUT2D eigenvalue weighted by Crippen LogP contribution is 2.04. The Morgan fingerprint density at radius 1 is 1.44 bits per heavy atom. The molecule has 0 aromatic carbocycles. The lowest BCUT2D eigenvalue weighted by Gasteiger charge is -1.95. The highest BCUT2D eigenvalue weighted by Gasteiger charge is 2.02. The van der Waals surface area contributed by atoms with Crippen molar-refractivity contribution >= 4 is 17.9 Å². The molecule has 0 aliphatic heterocycles. The van der Waals surface area contributed by atoms with Crippen LogP contribution in [0, 0.1) is 11.8 Å². The van der Waals surface area contributed by atoms with Gasteiger partial charge in [0.05, 0.1) is 12.4 Å². The molecule has 0 saturated heterocycles. The number of aromatic nitrogens is 3. The summed E-state index contributed by atoms with van der Waals surface area (Å²) in [5, 5.41) is 8.37. The fourth-order valence-electron chi connectivity index (χ4n) is 1.18. The van der Waals surface area contributed by atoms with Crippen LogP contribution in [0.4, 0.5) is 0 Å². The van der Waals surface area contributed by atoms with Gasteiger partial charge in [0, 0.05) is 12.1 Å². The second kappa shape index (κ2) is 3.82. The van der Waals surface area contributed by atoms with Crippen LogP contribution in [-0.2, 0) is 4.79 Å². The molecule has 0 aliphatic carbocycles. The fourth-order valence-corrected chi connectivity index (χ4v) is 1.18. The second-order valence-electron chi connectivity index (χ2n) is 2.86. The summed E-state index contributed by atoms with van der Waals surface area (Å²) in [6.45, 7) is 0. The first kappa shape index (κ1) is 9.86. The number of carbonyl (C=O) groups excluding carboxylic acids is 1. The van der Waals surface area contributed by atoms with Crippen molar-refractivity contribution < 1.29 is 14.7 Å². The first-order valence-corrected chi connectivity index (χ1v) is 4.24. The van der Waals surface area contributed by atoms with Gasteiger partial charge in [0.25, 0.3) is 0 Å². The molecule has 0 fully saturated rings. The topological polar surface area (TPSA) is 84.6 Å². The molecule has 0 bridgehead atoms. The van der Waals surface area contributed by atoms with Crippen molar-refractivity contribution in [3.63, 3.8) is 0 Å². The van der Waals surface area contributed by atoms with Crippen molar-refractivity contribution in [1.29, 1.82) is 0 Å². The standard InChI is InChI=1S/C10H5N3O3/c14-6-8-3-12-9-4-11-7(5-13(8)9)1-2-10(15)16/h3-6H,(H,15,16). The number of carboxylic acid groups (broad SMARTS) is 1. The molecule has 0 radical (unpaired) electrons. The number of fused-ring (bicyclic) bond motifs is 1. The summed E-state index contributed by atoms with van der Waals surface area (Å²) in [4.78, 5) is 28.7. The summed E-state index contributed by atoms with van der Waals surface area (Å²) in [5.41, 5.74) is 1.12. The molecule has 2 rings (SSSR count). The van der Waals surface area contributed by atoms with Crippen LogP contribution >= 0.6 is 0 Å². The van der Waals surface area contributed by atoms with Gasteiger partial charge in [0.2, 0.25) is 0 Å². The van der Waals surface area contributed by atoms with Crippen LogP contribution in [0.15, 0.2) is 18.6 Å². The maximum absolute atomic E-state index is 10.6. The Morgan fingerprint density at radius 2 is 2.25 bits per heavy atom. The quantitative estimate of drug-likeness (QED) is 0.533. The minimum absolute atomic E-state index is 0.260. The summed E-state index contributed by atoms with van der Waals surface area (Å²) in [6.07, 6.45) is 4.92. The van der Waals surface area contributed by atoms with Crippen molar-refractivity contribution in [2.45, 2.75) is 0 Å². The van der Waals surface area contributed by atoms with Gasteiger partial charge in [0.15, 0.2) is 11.9 Å². The lowest BCUT2D eigenvalue weighted by molar-refractivity contribution is -0.130. The van der Waals surface area contributed by atoms with Crippen LogP contribution in [0.3, 0.4) is 0 Å². The van der Waals surface area contributed by atoms with Crippen LogP contribution in [0.1, 0.15) is 16.2 Å². The Morgan fingerprint density at radius 3 is 2.94 bits per heavy atom. The van der Waals surface area contributed by atoms with Gasteiger partial charge in [-0.2, -0.15) is 0 Å². The van der Waals surface area contributed by atoms with Crippen LogP contribution in [0.5, 0.6) is 0 Å². The number of aldehydes is 1. The predicted molar refractivity (Wildman–Crippen MR) is 52.9 cm³/mol. The van der Waals surface area contributed by atoms with Crippen molar-refractivity contribution in [3.05, 3.63) is 30.0 Å². The zero-order chi connectivity index (χ0) is 11.5. The van der Waals surface area contributed by atoms with Crippen LogP contribution in [-0.4, -0.2) is 31.7 Å². The first-order valence-electron chi connectivity index (χ1n) is 4.24. The zero-order valence-electron chi connectivity index (χ0n) is 7.91. The van der Waals surface area contributed by atoms with E-state index in [0.717, 1.165) is 0 Å². The van der Waals surface area contributed by atoms with Gasteiger partial charge in [-0.15, -0.1) is 0 Å². The molecule has 78 valence electrons. The molecule has 1 N–H and O–H groups in total. The van der Waals surface area contributed by atoms with E-state index >= 15 is 0 Å². The molecule has 0 unspecified atom stereocenters. The van der Waals surface area contributed by atoms with Gasteiger partial charge in [-0.25, -0.2) is 14.8 Å². The van der Waals surface area contributed by atoms with Gasteiger partial charge in [-0.1, -0.05) is 0 Å². The van der Waals surface area contributed by atoms with E-state index < -0.39 is 5.97 Å². The molecule has 0 aliphatic rings. The second-order valence-corrected chi connectivity index (χ2v) is 2.86. The summed E-state index contributed by atoms with van der Waals surface area (Å²) in [6, 6.07) is 0. The molecule has 0 spiro atoms. The molecule has 6 nitrogen and oxygen atoms in total. The number of aliphatic carboxylic acids is 1. The van der Waals surface area contributed by atoms with E-state index in [2.05, 4.69) is 15.9 Å². The molecule has 0 atom stereocenters. The first-order chi connectivity index (χ1) is 7.70. The number of imidazole rings is 1. The largest absolute Gasteiger partial charge is 0.472 e. The van der Waals surface area contributed by atoms with E-state index in [9.17, 15) is 9.59 Å². The van der Waals surface area contributed by atoms with Gasteiger partial charge in [-0.05, 0) is 5.92 Å². The summed E-state index contributed by atoms with van der Waals surface area (Å²) in [5.74, 6) is 3.06. The van der Waals surface area contributed by atoms with Gasteiger partial charge < -0.3 is 5.11 Å². The number of nitrogens with zero attached hydrogens (tertiary/aromatic N) is 3. The normalized spacial score (nSPS) is 9.50. The van der Waals surface area contributed by atoms with Crippen molar-refractivity contribution in [2.75, 3.05) is 0 Å². The lowest BCUT2D eigenvalue weighted by Crippen LogP contribution is -1.95. The number of hydrogen-bond acceptors (Lipinski definition) is 4. The average molecular weight is 215 g/mol. The maximum atomic E-state index is 10.6. The van der Waals surface area contributed by atoms with Crippen molar-refractivity contribution in [2.24, 2.45) is 0 Å². The average Bonchev–Trinajstić information content (AvgIpc) is 2.68.